The van der Waals surface area contributed by atoms with Crippen LogP contribution in [0.5, 0.6) is 0 Å². The van der Waals surface area contributed by atoms with Crippen molar-refractivity contribution in [1.29, 1.82) is 0 Å². The van der Waals surface area contributed by atoms with Gasteiger partial charge in [-0.15, -0.1) is 0 Å². The summed E-state index contributed by atoms with van der Waals surface area (Å²) < 4.78 is 18.4. The minimum Gasteiger partial charge on any atom is -0.325 e. The van der Waals surface area contributed by atoms with Crippen LogP contribution in [0.25, 0.3) is 0 Å². The van der Waals surface area contributed by atoms with E-state index in [1.165, 1.54) is 25.7 Å². The van der Waals surface area contributed by atoms with Gasteiger partial charge in [-0.1, -0.05) is 45.1 Å². The smallest absolute Gasteiger partial charge is 0.249 e. The van der Waals surface area contributed by atoms with Gasteiger partial charge in [-0.2, -0.15) is 0 Å². The molecule has 3 nitrogen and oxygen atoms in total. The third-order valence-electron chi connectivity index (χ3n) is 3.14. The van der Waals surface area contributed by atoms with Crippen LogP contribution in [0.4, 0.5) is 0 Å². The standard InChI is InChI=1S/C15H26NO2P/c1-3-5-6-7-8-11-14-19(17,18-4-2)15-12-9-10-13-16-15/h9-10,12-13H,3-8,11,14H2,1-2H3. The number of hydrogen-bond donors (Lipinski definition) is 0. The van der Waals surface area contributed by atoms with Crippen molar-refractivity contribution >= 4 is 12.8 Å². The van der Waals surface area contributed by atoms with E-state index in [4.69, 9.17) is 4.52 Å². The summed E-state index contributed by atoms with van der Waals surface area (Å²) in [6.45, 7) is 4.57. The number of pyridine rings is 1. The molecule has 0 aliphatic heterocycles. The van der Waals surface area contributed by atoms with E-state index in [-0.39, 0.29) is 0 Å². The van der Waals surface area contributed by atoms with Gasteiger partial charge in [0.25, 0.3) is 0 Å². The molecule has 0 fully saturated rings. The lowest BCUT2D eigenvalue weighted by Gasteiger charge is -2.16. The van der Waals surface area contributed by atoms with Crippen LogP contribution in [-0.4, -0.2) is 17.8 Å². The zero-order valence-electron chi connectivity index (χ0n) is 12.2. The molecule has 0 aliphatic carbocycles. The van der Waals surface area contributed by atoms with Crippen LogP contribution >= 0.6 is 7.37 Å². The molecule has 108 valence electrons. The molecular formula is C15H26NO2P. The number of rotatable bonds is 10. The molecule has 0 amide bonds. The third-order valence-corrected chi connectivity index (χ3v) is 5.68. The van der Waals surface area contributed by atoms with E-state index < -0.39 is 7.37 Å². The number of aromatic nitrogens is 1. The lowest BCUT2D eigenvalue weighted by atomic mass is 10.1. The molecule has 0 spiro atoms. The van der Waals surface area contributed by atoms with Crippen molar-refractivity contribution in [3.63, 3.8) is 0 Å². The van der Waals surface area contributed by atoms with Crippen molar-refractivity contribution in [2.45, 2.75) is 52.4 Å². The predicted octanol–water partition coefficient (Wildman–Crippen LogP) is 4.38. The fourth-order valence-corrected chi connectivity index (χ4v) is 4.21. The first kappa shape index (κ1) is 16.4. The summed E-state index contributed by atoms with van der Waals surface area (Å²) in [5.74, 6) is 0. The maximum absolute atomic E-state index is 12.8. The highest BCUT2D eigenvalue weighted by Crippen LogP contribution is 2.45. The molecular weight excluding hydrogens is 257 g/mol. The van der Waals surface area contributed by atoms with Gasteiger partial charge in [-0.3, -0.25) is 9.55 Å². The van der Waals surface area contributed by atoms with E-state index in [0.29, 0.717) is 18.2 Å². The Labute approximate surface area is 117 Å². The molecule has 19 heavy (non-hydrogen) atoms. The fraction of sp³-hybridized carbons (Fsp3) is 0.667. The van der Waals surface area contributed by atoms with Gasteiger partial charge in [0, 0.05) is 12.4 Å². The first-order valence-corrected chi connectivity index (χ1v) is 9.19. The molecule has 1 aromatic heterocycles. The van der Waals surface area contributed by atoms with E-state index in [2.05, 4.69) is 11.9 Å². The Morgan fingerprint density at radius 2 is 1.84 bits per heavy atom. The van der Waals surface area contributed by atoms with E-state index in [9.17, 15) is 4.57 Å². The number of unbranched alkanes of at least 4 members (excludes halogenated alkanes) is 5. The van der Waals surface area contributed by atoms with Gasteiger partial charge >= 0.3 is 0 Å². The van der Waals surface area contributed by atoms with Gasteiger partial charge < -0.3 is 4.52 Å². The van der Waals surface area contributed by atoms with Crippen LogP contribution in [-0.2, 0) is 9.09 Å². The Balaban J connectivity index is 2.46. The van der Waals surface area contributed by atoms with Gasteiger partial charge in [-0.25, -0.2) is 0 Å². The molecule has 0 saturated carbocycles. The molecule has 0 aromatic carbocycles. The van der Waals surface area contributed by atoms with E-state index >= 15 is 0 Å². The highest BCUT2D eigenvalue weighted by Gasteiger charge is 2.25. The van der Waals surface area contributed by atoms with Gasteiger partial charge in [0.05, 0.1) is 6.61 Å². The Hall–Kier alpha value is -0.660. The summed E-state index contributed by atoms with van der Waals surface area (Å²) in [5.41, 5.74) is 0.616. The Morgan fingerprint density at radius 1 is 1.11 bits per heavy atom. The van der Waals surface area contributed by atoms with Gasteiger partial charge in [0.15, 0.2) is 0 Å². The fourth-order valence-electron chi connectivity index (χ4n) is 2.11. The summed E-state index contributed by atoms with van der Waals surface area (Å²) in [6.07, 6.45) is 9.43. The molecule has 1 heterocycles. The van der Waals surface area contributed by atoms with Crippen molar-refractivity contribution < 1.29 is 9.09 Å². The highest BCUT2D eigenvalue weighted by atomic mass is 31.2. The van der Waals surface area contributed by atoms with Crippen molar-refractivity contribution in [3.05, 3.63) is 24.4 Å². The van der Waals surface area contributed by atoms with Crippen molar-refractivity contribution in [2.75, 3.05) is 12.8 Å². The topological polar surface area (TPSA) is 39.2 Å². The monoisotopic (exact) mass is 283 g/mol. The van der Waals surface area contributed by atoms with E-state index in [0.717, 1.165) is 12.8 Å². The van der Waals surface area contributed by atoms with Crippen LogP contribution < -0.4 is 5.44 Å². The second-order valence-electron chi connectivity index (χ2n) is 4.77. The molecule has 0 aliphatic rings. The molecule has 0 saturated heterocycles. The quantitative estimate of drug-likeness (QED) is 0.472. The molecule has 0 N–H and O–H groups in total. The highest BCUT2D eigenvalue weighted by molar-refractivity contribution is 7.66. The van der Waals surface area contributed by atoms with Crippen LogP contribution in [0, 0.1) is 0 Å². The SMILES string of the molecule is CCCCCCCCP(=O)(OCC)c1ccccn1. The largest absolute Gasteiger partial charge is 0.325 e. The van der Waals surface area contributed by atoms with Gasteiger partial charge in [-0.05, 0) is 25.5 Å². The second-order valence-corrected chi connectivity index (χ2v) is 7.28. The minimum atomic E-state index is -2.74. The Kier molecular flexibility index (Phi) is 8.00. The zero-order valence-corrected chi connectivity index (χ0v) is 13.1. The molecule has 1 rings (SSSR count). The number of nitrogens with zero attached hydrogens (tertiary/aromatic N) is 1. The molecule has 0 radical (unpaired) electrons. The molecule has 1 atom stereocenters. The molecule has 4 heteroatoms. The van der Waals surface area contributed by atoms with Crippen molar-refractivity contribution in [3.8, 4) is 0 Å². The number of hydrogen-bond acceptors (Lipinski definition) is 3. The van der Waals surface area contributed by atoms with Crippen LogP contribution in [0.15, 0.2) is 24.4 Å². The summed E-state index contributed by atoms with van der Waals surface area (Å²) in [5, 5.41) is 0. The van der Waals surface area contributed by atoms with Crippen LogP contribution in [0.3, 0.4) is 0 Å². The average Bonchev–Trinajstić information content (AvgIpc) is 2.44. The maximum Gasteiger partial charge on any atom is 0.249 e. The summed E-state index contributed by atoms with van der Waals surface area (Å²) in [6, 6.07) is 5.52. The first-order chi connectivity index (χ1) is 9.23. The molecule has 0 bridgehead atoms. The van der Waals surface area contributed by atoms with E-state index in [1.807, 2.05) is 25.1 Å². The van der Waals surface area contributed by atoms with E-state index in [1.54, 1.807) is 6.20 Å². The average molecular weight is 283 g/mol. The maximum atomic E-state index is 12.8. The van der Waals surface area contributed by atoms with Crippen molar-refractivity contribution in [2.24, 2.45) is 0 Å². The lowest BCUT2D eigenvalue weighted by molar-refractivity contribution is 0.339. The third kappa shape index (κ3) is 5.88. The van der Waals surface area contributed by atoms with Gasteiger partial charge in [0.1, 0.15) is 5.44 Å². The Bertz CT molecular complexity index is 381. The summed E-state index contributed by atoms with van der Waals surface area (Å²) in [4.78, 5) is 4.21. The minimum absolute atomic E-state index is 0.476. The lowest BCUT2D eigenvalue weighted by Crippen LogP contribution is -2.14. The Morgan fingerprint density at radius 3 is 2.47 bits per heavy atom. The predicted molar refractivity (Wildman–Crippen MR) is 81.3 cm³/mol. The van der Waals surface area contributed by atoms with Gasteiger partial charge in [0.2, 0.25) is 7.37 Å². The summed E-state index contributed by atoms with van der Waals surface area (Å²) in [7, 11) is -2.74. The summed E-state index contributed by atoms with van der Waals surface area (Å²) >= 11 is 0. The normalized spacial score (nSPS) is 14.2. The molecule has 1 unspecified atom stereocenters. The molecule has 1 aromatic rings. The van der Waals surface area contributed by atoms with Crippen LogP contribution in [0.2, 0.25) is 0 Å². The zero-order chi connectivity index (χ0) is 14.0. The first-order valence-electron chi connectivity index (χ1n) is 7.38. The second kappa shape index (κ2) is 9.28. The van der Waals surface area contributed by atoms with Crippen molar-refractivity contribution in [1.82, 2.24) is 4.98 Å². The van der Waals surface area contributed by atoms with Crippen LogP contribution in [0.1, 0.15) is 52.4 Å².